The van der Waals surface area contributed by atoms with Crippen molar-refractivity contribution in [2.45, 2.75) is 13.5 Å². The fourth-order valence-electron chi connectivity index (χ4n) is 1.45. The van der Waals surface area contributed by atoms with E-state index in [-0.39, 0.29) is 0 Å². The van der Waals surface area contributed by atoms with Crippen molar-refractivity contribution < 1.29 is 0 Å². The lowest BCUT2D eigenvalue weighted by Gasteiger charge is -2.07. The molecule has 1 aromatic carbocycles. The SMILES string of the molecule is Cc1ccc(Cl)cc1NCc1cn(C)nn1. The van der Waals surface area contributed by atoms with Crippen LogP contribution in [-0.2, 0) is 13.6 Å². The summed E-state index contributed by atoms with van der Waals surface area (Å²) in [6, 6.07) is 5.78. The van der Waals surface area contributed by atoms with E-state index in [2.05, 4.69) is 15.6 Å². The number of aryl methyl sites for hydroxylation is 2. The van der Waals surface area contributed by atoms with Crippen LogP contribution in [-0.4, -0.2) is 15.0 Å². The molecule has 0 bridgehead atoms. The van der Waals surface area contributed by atoms with Crippen LogP contribution in [0.1, 0.15) is 11.3 Å². The van der Waals surface area contributed by atoms with Gasteiger partial charge in [0.2, 0.25) is 0 Å². The van der Waals surface area contributed by atoms with Crippen molar-refractivity contribution in [3.05, 3.63) is 40.7 Å². The average molecular weight is 237 g/mol. The number of nitrogens with one attached hydrogen (secondary N) is 1. The third-order valence-corrected chi connectivity index (χ3v) is 2.54. The van der Waals surface area contributed by atoms with Crippen LogP contribution in [0.5, 0.6) is 0 Å². The van der Waals surface area contributed by atoms with E-state index in [1.807, 2.05) is 38.4 Å². The largest absolute Gasteiger partial charge is 0.379 e. The van der Waals surface area contributed by atoms with Gasteiger partial charge >= 0.3 is 0 Å². The number of nitrogens with zero attached hydrogens (tertiary/aromatic N) is 3. The molecule has 1 aromatic heterocycles. The molecule has 1 N–H and O–H groups in total. The lowest BCUT2D eigenvalue weighted by molar-refractivity contribution is 0.713. The van der Waals surface area contributed by atoms with E-state index in [4.69, 9.17) is 11.6 Å². The number of hydrogen-bond acceptors (Lipinski definition) is 3. The minimum atomic E-state index is 0.648. The molecule has 84 valence electrons. The molecule has 0 saturated carbocycles. The quantitative estimate of drug-likeness (QED) is 0.890. The summed E-state index contributed by atoms with van der Waals surface area (Å²) in [6.45, 7) is 2.68. The van der Waals surface area contributed by atoms with E-state index >= 15 is 0 Å². The van der Waals surface area contributed by atoms with Gasteiger partial charge in [0.25, 0.3) is 0 Å². The molecule has 0 saturated heterocycles. The predicted molar refractivity (Wildman–Crippen MR) is 64.5 cm³/mol. The molecule has 1 heterocycles. The Labute approximate surface area is 99.2 Å². The van der Waals surface area contributed by atoms with Crippen LogP contribution in [0.15, 0.2) is 24.4 Å². The Morgan fingerprint density at radius 1 is 1.44 bits per heavy atom. The smallest absolute Gasteiger partial charge is 0.102 e. The highest BCUT2D eigenvalue weighted by molar-refractivity contribution is 6.30. The summed E-state index contributed by atoms with van der Waals surface area (Å²) >= 11 is 5.93. The fourth-order valence-corrected chi connectivity index (χ4v) is 1.62. The van der Waals surface area contributed by atoms with Crippen LogP contribution in [0, 0.1) is 6.92 Å². The first-order valence-corrected chi connectivity index (χ1v) is 5.38. The van der Waals surface area contributed by atoms with E-state index in [1.165, 1.54) is 0 Å². The number of halogens is 1. The molecule has 0 atom stereocenters. The van der Waals surface area contributed by atoms with Crippen molar-refractivity contribution in [3.63, 3.8) is 0 Å². The van der Waals surface area contributed by atoms with Crippen molar-refractivity contribution in [2.75, 3.05) is 5.32 Å². The Morgan fingerprint density at radius 3 is 2.94 bits per heavy atom. The molecule has 0 radical (unpaired) electrons. The lowest BCUT2D eigenvalue weighted by Crippen LogP contribution is -2.01. The maximum Gasteiger partial charge on any atom is 0.102 e. The molecule has 2 aromatic rings. The van der Waals surface area contributed by atoms with Crippen molar-refractivity contribution >= 4 is 17.3 Å². The Hall–Kier alpha value is -1.55. The van der Waals surface area contributed by atoms with Gasteiger partial charge in [-0.25, -0.2) is 0 Å². The van der Waals surface area contributed by atoms with Crippen molar-refractivity contribution in [1.82, 2.24) is 15.0 Å². The van der Waals surface area contributed by atoms with Crippen LogP contribution in [0.25, 0.3) is 0 Å². The zero-order chi connectivity index (χ0) is 11.5. The number of aromatic nitrogens is 3. The summed E-state index contributed by atoms with van der Waals surface area (Å²) in [7, 11) is 1.85. The first-order chi connectivity index (χ1) is 7.65. The maximum atomic E-state index is 5.93. The summed E-state index contributed by atoms with van der Waals surface area (Å²) in [5.74, 6) is 0. The van der Waals surface area contributed by atoms with Crippen LogP contribution < -0.4 is 5.32 Å². The van der Waals surface area contributed by atoms with Crippen molar-refractivity contribution in [2.24, 2.45) is 7.05 Å². The number of benzene rings is 1. The molecule has 0 spiro atoms. The van der Waals surface area contributed by atoms with Crippen molar-refractivity contribution in [3.8, 4) is 0 Å². The van der Waals surface area contributed by atoms with E-state index in [9.17, 15) is 0 Å². The highest BCUT2D eigenvalue weighted by atomic mass is 35.5. The van der Waals surface area contributed by atoms with E-state index in [1.54, 1.807) is 4.68 Å². The van der Waals surface area contributed by atoms with E-state index < -0.39 is 0 Å². The summed E-state index contributed by atoms with van der Waals surface area (Å²) in [6.07, 6.45) is 1.88. The molecule has 0 aliphatic heterocycles. The van der Waals surface area contributed by atoms with Crippen LogP contribution >= 0.6 is 11.6 Å². The molecule has 2 rings (SSSR count). The van der Waals surface area contributed by atoms with Gasteiger partial charge in [0.05, 0.1) is 6.54 Å². The molecule has 0 amide bonds. The molecule has 16 heavy (non-hydrogen) atoms. The standard InChI is InChI=1S/C11H13ClN4/c1-8-3-4-9(12)5-11(8)13-6-10-7-16(2)15-14-10/h3-5,7,13H,6H2,1-2H3. The van der Waals surface area contributed by atoms with Gasteiger partial charge in [-0.3, -0.25) is 4.68 Å². The van der Waals surface area contributed by atoms with Gasteiger partial charge in [-0.1, -0.05) is 22.9 Å². The molecule has 0 aliphatic carbocycles. The van der Waals surface area contributed by atoms with Gasteiger partial charge in [0.15, 0.2) is 0 Å². The predicted octanol–water partition coefficient (Wildman–Crippen LogP) is 2.39. The van der Waals surface area contributed by atoms with Crippen LogP contribution in [0.2, 0.25) is 5.02 Å². The highest BCUT2D eigenvalue weighted by Crippen LogP contribution is 2.20. The number of rotatable bonds is 3. The Balaban J connectivity index is 2.07. The second kappa shape index (κ2) is 4.53. The van der Waals surface area contributed by atoms with Gasteiger partial charge in [0, 0.05) is 24.0 Å². The Bertz CT molecular complexity index is 492. The monoisotopic (exact) mass is 236 g/mol. The van der Waals surface area contributed by atoms with Gasteiger partial charge in [-0.2, -0.15) is 0 Å². The molecule has 0 fully saturated rings. The minimum absolute atomic E-state index is 0.648. The van der Waals surface area contributed by atoms with Gasteiger partial charge < -0.3 is 5.32 Å². The second-order valence-corrected chi connectivity index (χ2v) is 4.13. The molecular formula is C11H13ClN4. The summed E-state index contributed by atoms with van der Waals surface area (Å²) in [5.41, 5.74) is 3.09. The summed E-state index contributed by atoms with van der Waals surface area (Å²) in [5, 5.41) is 11.9. The van der Waals surface area contributed by atoms with Gasteiger partial charge in [-0.05, 0) is 24.6 Å². The van der Waals surface area contributed by atoms with Crippen molar-refractivity contribution in [1.29, 1.82) is 0 Å². The molecular weight excluding hydrogens is 224 g/mol. The third kappa shape index (κ3) is 2.52. The Morgan fingerprint density at radius 2 is 2.25 bits per heavy atom. The third-order valence-electron chi connectivity index (χ3n) is 2.31. The highest BCUT2D eigenvalue weighted by Gasteiger charge is 2.01. The zero-order valence-electron chi connectivity index (χ0n) is 9.24. The topological polar surface area (TPSA) is 42.7 Å². The van der Waals surface area contributed by atoms with E-state index in [0.717, 1.165) is 22.0 Å². The second-order valence-electron chi connectivity index (χ2n) is 3.70. The molecule has 0 aliphatic rings. The minimum Gasteiger partial charge on any atom is -0.379 e. The normalized spacial score (nSPS) is 10.4. The first kappa shape index (κ1) is 11.0. The molecule has 5 heteroatoms. The summed E-state index contributed by atoms with van der Waals surface area (Å²) in [4.78, 5) is 0. The van der Waals surface area contributed by atoms with Crippen LogP contribution in [0.3, 0.4) is 0 Å². The Kier molecular flexibility index (Phi) is 3.10. The average Bonchev–Trinajstić information content (AvgIpc) is 2.66. The first-order valence-electron chi connectivity index (χ1n) is 5.00. The lowest BCUT2D eigenvalue weighted by atomic mass is 10.2. The zero-order valence-corrected chi connectivity index (χ0v) is 9.99. The van der Waals surface area contributed by atoms with E-state index in [0.29, 0.717) is 6.54 Å². The number of hydrogen-bond donors (Lipinski definition) is 1. The van der Waals surface area contributed by atoms with Gasteiger partial charge in [-0.15, -0.1) is 5.10 Å². The number of anilines is 1. The summed E-state index contributed by atoms with van der Waals surface area (Å²) < 4.78 is 1.68. The van der Waals surface area contributed by atoms with Crippen LogP contribution in [0.4, 0.5) is 5.69 Å². The fraction of sp³-hybridized carbons (Fsp3) is 0.273. The molecule has 4 nitrogen and oxygen atoms in total. The molecule has 0 unspecified atom stereocenters. The van der Waals surface area contributed by atoms with Gasteiger partial charge in [0.1, 0.15) is 5.69 Å². The maximum absolute atomic E-state index is 5.93.